The van der Waals surface area contributed by atoms with Gasteiger partial charge in [-0.2, -0.15) is 5.10 Å². The number of rotatable bonds is 5. The van der Waals surface area contributed by atoms with Crippen LogP contribution in [0.4, 0.5) is 0 Å². The number of ether oxygens (including phenoxy) is 1. The van der Waals surface area contributed by atoms with E-state index in [2.05, 4.69) is 10.1 Å². The highest BCUT2D eigenvalue weighted by Crippen LogP contribution is 2.28. The number of esters is 1. The molecule has 0 spiro atoms. The molecule has 0 fully saturated rings. The Kier molecular flexibility index (Phi) is 5.18. The van der Waals surface area contributed by atoms with Gasteiger partial charge in [-0.15, -0.1) is 11.3 Å². The standard InChI is InChI=1S/C16H13Cl2N3O2S/c1-2-23-16(22)11-6-19-21(7-11)8-15-20-14(9-24-15)10-3-12(17)5-13(18)4-10/h3-7,9H,2,8H2,1H3. The second-order valence-corrected chi connectivity index (χ2v) is 6.75. The van der Waals surface area contributed by atoms with E-state index in [1.165, 1.54) is 17.5 Å². The van der Waals surface area contributed by atoms with Crippen molar-refractivity contribution in [2.75, 3.05) is 6.61 Å². The van der Waals surface area contributed by atoms with Crippen LogP contribution >= 0.6 is 34.5 Å². The van der Waals surface area contributed by atoms with Gasteiger partial charge in [-0.3, -0.25) is 4.68 Å². The predicted molar refractivity (Wildman–Crippen MR) is 94.9 cm³/mol. The number of carbonyl (C=O) groups is 1. The summed E-state index contributed by atoms with van der Waals surface area (Å²) in [6.07, 6.45) is 3.14. The van der Waals surface area contributed by atoms with E-state index in [1.54, 1.807) is 23.9 Å². The third kappa shape index (κ3) is 3.95. The molecule has 24 heavy (non-hydrogen) atoms. The van der Waals surface area contributed by atoms with E-state index in [9.17, 15) is 4.79 Å². The van der Waals surface area contributed by atoms with Gasteiger partial charge in [0.1, 0.15) is 5.01 Å². The molecule has 0 aliphatic carbocycles. The zero-order valence-corrected chi connectivity index (χ0v) is 15.0. The number of halogens is 2. The molecule has 0 saturated heterocycles. The maximum absolute atomic E-state index is 11.6. The Labute approximate surface area is 152 Å². The van der Waals surface area contributed by atoms with Crippen molar-refractivity contribution in [3.05, 3.63) is 56.6 Å². The van der Waals surface area contributed by atoms with Gasteiger partial charge in [-0.05, 0) is 25.1 Å². The summed E-state index contributed by atoms with van der Waals surface area (Å²) >= 11 is 13.6. The molecule has 2 aromatic heterocycles. The number of aromatic nitrogens is 3. The molecule has 1 aromatic carbocycles. The fourth-order valence-electron chi connectivity index (χ4n) is 2.13. The molecule has 0 aliphatic heterocycles. The monoisotopic (exact) mass is 381 g/mol. The Hall–Kier alpha value is -1.89. The molecule has 0 N–H and O–H groups in total. The SMILES string of the molecule is CCOC(=O)c1cnn(Cc2nc(-c3cc(Cl)cc(Cl)c3)cs2)c1. The average Bonchev–Trinajstić information content (AvgIpc) is 3.16. The van der Waals surface area contributed by atoms with E-state index in [0.717, 1.165) is 16.3 Å². The van der Waals surface area contributed by atoms with Crippen molar-refractivity contribution < 1.29 is 9.53 Å². The highest BCUT2D eigenvalue weighted by atomic mass is 35.5. The van der Waals surface area contributed by atoms with Gasteiger partial charge < -0.3 is 4.74 Å². The van der Waals surface area contributed by atoms with Crippen molar-refractivity contribution >= 4 is 40.5 Å². The van der Waals surface area contributed by atoms with Crippen LogP contribution in [0.15, 0.2) is 36.0 Å². The lowest BCUT2D eigenvalue weighted by Gasteiger charge is -2.00. The van der Waals surface area contributed by atoms with Crippen molar-refractivity contribution in [2.24, 2.45) is 0 Å². The Bertz CT molecular complexity index is 856. The van der Waals surface area contributed by atoms with Gasteiger partial charge in [0.05, 0.1) is 30.6 Å². The lowest BCUT2D eigenvalue weighted by molar-refractivity contribution is 0.0526. The number of nitrogens with zero attached hydrogens (tertiary/aromatic N) is 3. The molecule has 0 radical (unpaired) electrons. The topological polar surface area (TPSA) is 57.0 Å². The molecule has 5 nitrogen and oxygen atoms in total. The maximum atomic E-state index is 11.6. The normalized spacial score (nSPS) is 10.8. The van der Waals surface area contributed by atoms with Gasteiger partial charge in [-0.1, -0.05) is 23.2 Å². The van der Waals surface area contributed by atoms with Gasteiger partial charge in [0.2, 0.25) is 0 Å². The van der Waals surface area contributed by atoms with Crippen molar-refractivity contribution in [1.82, 2.24) is 14.8 Å². The summed E-state index contributed by atoms with van der Waals surface area (Å²) in [7, 11) is 0. The highest BCUT2D eigenvalue weighted by molar-refractivity contribution is 7.09. The van der Waals surface area contributed by atoms with Crippen LogP contribution in [0.3, 0.4) is 0 Å². The van der Waals surface area contributed by atoms with Crippen LogP contribution in [0.5, 0.6) is 0 Å². The van der Waals surface area contributed by atoms with Crippen LogP contribution in [0.1, 0.15) is 22.3 Å². The minimum absolute atomic E-state index is 0.335. The molecule has 0 bridgehead atoms. The summed E-state index contributed by atoms with van der Waals surface area (Å²) in [5.74, 6) is -0.378. The number of hydrogen-bond acceptors (Lipinski definition) is 5. The van der Waals surface area contributed by atoms with Crippen LogP contribution in [0.2, 0.25) is 10.0 Å². The minimum atomic E-state index is -0.378. The molecule has 0 atom stereocenters. The fraction of sp³-hybridized carbons (Fsp3) is 0.188. The zero-order chi connectivity index (χ0) is 17.1. The van der Waals surface area contributed by atoms with Gasteiger partial charge in [0.25, 0.3) is 0 Å². The quantitative estimate of drug-likeness (QED) is 0.608. The Morgan fingerprint density at radius 1 is 1.29 bits per heavy atom. The number of carbonyl (C=O) groups excluding carboxylic acids is 1. The molecular weight excluding hydrogens is 369 g/mol. The Morgan fingerprint density at radius 3 is 2.75 bits per heavy atom. The van der Waals surface area contributed by atoms with Crippen LogP contribution in [0, 0.1) is 0 Å². The molecule has 0 amide bonds. The molecule has 2 heterocycles. The molecule has 3 rings (SSSR count). The molecule has 0 unspecified atom stereocenters. The zero-order valence-electron chi connectivity index (χ0n) is 12.7. The Balaban J connectivity index is 1.75. The summed E-state index contributed by atoms with van der Waals surface area (Å²) in [6, 6.07) is 5.32. The first-order valence-corrected chi connectivity index (χ1v) is 8.79. The van der Waals surface area contributed by atoms with E-state index in [0.29, 0.717) is 28.8 Å². The summed E-state index contributed by atoms with van der Waals surface area (Å²) in [5.41, 5.74) is 2.09. The maximum Gasteiger partial charge on any atom is 0.341 e. The number of thiazole rings is 1. The molecule has 0 aliphatic rings. The van der Waals surface area contributed by atoms with E-state index in [1.807, 2.05) is 17.5 Å². The first kappa shape index (κ1) is 17.0. The van der Waals surface area contributed by atoms with E-state index in [-0.39, 0.29) is 5.97 Å². The predicted octanol–water partition coefficient (Wildman–Crippen LogP) is 4.54. The third-order valence-electron chi connectivity index (χ3n) is 3.15. The smallest absolute Gasteiger partial charge is 0.341 e. The van der Waals surface area contributed by atoms with E-state index >= 15 is 0 Å². The molecular formula is C16H13Cl2N3O2S. The third-order valence-corrected chi connectivity index (χ3v) is 4.42. The average molecular weight is 382 g/mol. The van der Waals surface area contributed by atoms with Crippen LogP contribution in [-0.2, 0) is 11.3 Å². The van der Waals surface area contributed by atoms with Crippen molar-refractivity contribution in [3.63, 3.8) is 0 Å². The first-order chi connectivity index (χ1) is 11.5. The van der Waals surface area contributed by atoms with Crippen LogP contribution < -0.4 is 0 Å². The number of benzene rings is 1. The minimum Gasteiger partial charge on any atom is -0.462 e. The van der Waals surface area contributed by atoms with Crippen molar-refractivity contribution in [2.45, 2.75) is 13.5 Å². The molecule has 124 valence electrons. The second-order valence-electron chi connectivity index (χ2n) is 4.93. The molecule has 0 saturated carbocycles. The van der Waals surface area contributed by atoms with Gasteiger partial charge >= 0.3 is 5.97 Å². The summed E-state index contributed by atoms with van der Waals surface area (Å²) in [4.78, 5) is 16.2. The van der Waals surface area contributed by atoms with Gasteiger partial charge in [0.15, 0.2) is 0 Å². The lowest BCUT2D eigenvalue weighted by Crippen LogP contribution is -2.04. The lowest BCUT2D eigenvalue weighted by atomic mass is 10.2. The van der Waals surface area contributed by atoms with Crippen molar-refractivity contribution in [3.8, 4) is 11.3 Å². The Morgan fingerprint density at radius 2 is 2.04 bits per heavy atom. The van der Waals surface area contributed by atoms with Crippen LogP contribution in [-0.4, -0.2) is 27.3 Å². The van der Waals surface area contributed by atoms with E-state index in [4.69, 9.17) is 27.9 Å². The summed E-state index contributed by atoms with van der Waals surface area (Å²) < 4.78 is 6.60. The molecule has 3 aromatic rings. The van der Waals surface area contributed by atoms with Gasteiger partial charge in [0, 0.05) is 27.2 Å². The second kappa shape index (κ2) is 7.34. The summed E-state index contributed by atoms with van der Waals surface area (Å²) in [6.45, 7) is 2.57. The highest BCUT2D eigenvalue weighted by Gasteiger charge is 2.11. The fourth-order valence-corrected chi connectivity index (χ4v) is 3.45. The molecule has 8 heteroatoms. The number of hydrogen-bond donors (Lipinski definition) is 0. The van der Waals surface area contributed by atoms with Crippen LogP contribution in [0.25, 0.3) is 11.3 Å². The summed E-state index contributed by atoms with van der Waals surface area (Å²) in [5, 5.41) is 8.10. The largest absolute Gasteiger partial charge is 0.462 e. The van der Waals surface area contributed by atoms with Crippen molar-refractivity contribution in [1.29, 1.82) is 0 Å². The first-order valence-electron chi connectivity index (χ1n) is 7.15. The van der Waals surface area contributed by atoms with Gasteiger partial charge in [-0.25, -0.2) is 9.78 Å². The van der Waals surface area contributed by atoms with E-state index < -0.39 is 0 Å².